The molecule has 170 valence electrons. The summed E-state index contributed by atoms with van der Waals surface area (Å²) in [5, 5.41) is 11.1. The van der Waals surface area contributed by atoms with Crippen LogP contribution in [-0.2, 0) is 21.2 Å². The summed E-state index contributed by atoms with van der Waals surface area (Å²) in [4.78, 5) is 34.3. The number of hydrogen-bond donors (Lipinski definition) is 3. The van der Waals surface area contributed by atoms with E-state index in [1.165, 1.54) is 43.3 Å². The molecule has 0 saturated heterocycles. The molecule has 3 N–H and O–H groups in total. The van der Waals surface area contributed by atoms with Crippen LogP contribution in [0.3, 0.4) is 0 Å². The Balaban J connectivity index is 1.61. The molecule has 2 amide bonds. The zero-order valence-corrected chi connectivity index (χ0v) is 18.3. The van der Waals surface area contributed by atoms with Gasteiger partial charge in [-0.15, -0.1) is 0 Å². The third kappa shape index (κ3) is 6.14. The second kappa shape index (κ2) is 9.92. The molecular weight excluding hydrogens is 448 g/mol. The Bertz CT molecular complexity index is 1290. The number of hydrazine groups is 1. The lowest BCUT2D eigenvalue weighted by Crippen LogP contribution is -2.42. The van der Waals surface area contributed by atoms with Gasteiger partial charge in [-0.3, -0.25) is 35.3 Å². The van der Waals surface area contributed by atoms with E-state index in [9.17, 15) is 28.1 Å². The van der Waals surface area contributed by atoms with Crippen LogP contribution >= 0.6 is 0 Å². The third-order valence-corrected chi connectivity index (χ3v) is 5.99. The van der Waals surface area contributed by atoms with E-state index >= 15 is 0 Å². The molecule has 0 aromatic heterocycles. The summed E-state index contributed by atoms with van der Waals surface area (Å²) in [5.41, 5.74) is 5.77. The van der Waals surface area contributed by atoms with Gasteiger partial charge in [0.2, 0.25) is 5.91 Å². The van der Waals surface area contributed by atoms with Gasteiger partial charge in [-0.2, -0.15) is 0 Å². The molecule has 0 aliphatic rings. The summed E-state index contributed by atoms with van der Waals surface area (Å²) in [6.07, 6.45) is 0.0962. The number of carbonyl (C=O) groups is 2. The van der Waals surface area contributed by atoms with E-state index < -0.39 is 26.8 Å². The molecule has 0 atom stereocenters. The number of amides is 2. The van der Waals surface area contributed by atoms with Crippen molar-refractivity contribution in [3.63, 3.8) is 0 Å². The summed E-state index contributed by atoms with van der Waals surface area (Å²) in [5.74, 6) is -0.980. The minimum absolute atomic E-state index is 0.0962. The summed E-state index contributed by atoms with van der Waals surface area (Å²) in [6.45, 7) is 1.51. The van der Waals surface area contributed by atoms with Gasteiger partial charge in [-0.1, -0.05) is 36.4 Å². The van der Waals surface area contributed by atoms with Crippen molar-refractivity contribution < 1.29 is 22.9 Å². The van der Waals surface area contributed by atoms with E-state index in [1.807, 2.05) is 6.07 Å². The fraction of sp³-hybridized carbons (Fsp3) is 0.0909. The van der Waals surface area contributed by atoms with E-state index in [0.29, 0.717) is 5.56 Å². The van der Waals surface area contributed by atoms with Crippen molar-refractivity contribution in [2.45, 2.75) is 18.2 Å². The minimum atomic E-state index is -4.08. The van der Waals surface area contributed by atoms with E-state index in [-0.39, 0.29) is 28.3 Å². The molecule has 3 rings (SSSR count). The lowest BCUT2D eigenvalue weighted by atomic mass is 10.1. The van der Waals surface area contributed by atoms with Crippen molar-refractivity contribution in [1.82, 2.24) is 10.9 Å². The summed E-state index contributed by atoms with van der Waals surface area (Å²) >= 11 is 0. The zero-order chi connectivity index (χ0) is 24.0. The second-order valence-electron chi connectivity index (χ2n) is 7.05. The number of hydrogen-bond acceptors (Lipinski definition) is 6. The molecule has 33 heavy (non-hydrogen) atoms. The molecule has 0 fully saturated rings. The van der Waals surface area contributed by atoms with Crippen LogP contribution < -0.4 is 15.6 Å². The smallest absolute Gasteiger partial charge is 0.273 e. The molecule has 11 heteroatoms. The average Bonchev–Trinajstić information content (AvgIpc) is 2.78. The third-order valence-electron chi connectivity index (χ3n) is 4.61. The van der Waals surface area contributed by atoms with E-state index in [2.05, 4.69) is 15.6 Å². The number of nitrogens with one attached hydrogen (secondary N) is 3. The van der Waals surface area contributed by atoms with Crippen LogP contribution in [0.5, 0.6) is 0 Å². The Labute approximate surface area is 189 Å². The van der Waals surface area contributed by atoms with Gasteiger partial charge < -0.3 is 0 Å². The number of aryl methyl sites for hydroxylation is 1. The molecule has 10 nitrogen and oxygen atoms in total. The molecule has 3 aromatic carbocycles. The number of anilines is 1. The molecule has 0 aliphatic heterocycles. The lowest BCUT2D eigenvalue weighted by Gasteiger charge is -2.10. The first-order valence-electron chi connectivity index (χ1n) is 9.67. The van der Waals surface area contributed by atoms with Crippen molar-refractivity contribution in [2.24, 2.45) is 0 Å². The first kappa shape index (κ1) is 23.4. The number of sulfonamides is 1. The maximum absolute atomic E-state index is 12.6. The van der Waals surface area contributed by atoms with E-state index in [1.54, 1.807) is 24.3 Å². The van der Waals surface area contributed by atoms with Gasteiger partial charge >= 0.3 is 0 Å². The van der Waals surface area contributed by atoms with E-state index in [0.717, 1.165) is 11.6 Å². The Morgan fingerprint density at radius 1 is 0.939 bits per heavy atom. The SMILES string of the molecule is Cc1ccc(S(=O)(=O)Nc2ccc(C(=O)NNC(=O)Cc3ccccc3)cc2)cc1[N+](=O)[O-]. The van der Waals surface area contributed by atoms with Crippen LogP contribution in [0.2, 0.25) is 0 Å². The summed E-state index contributed by atoms with van der Waals surface area (Å²) < 4.78 is 27.5. The fourth-order valence-electron chi connectivity index (χ4n) is 2.88. The van der Waals surface area contributed by atoms with Gasteiger partial charge in [0.05, 0.1) is 16.2 Å². The Morgan fingerprint density at radius 2 is 1.61 bits per heavy atom. The van der Waals surface area contributed by atoms with Crippen molar-refractivity contribution in [3.05, 3.63) is 99.6 Å². The monoisotopic (exact) mass is 468 g/mol. The topological polar surface area (TPSA) is 148 Å². The highest BCUT2D eigenvalue weighted by Crippen LogP contribution is 2.24. The largest absolute Gasteiger partial charge is 0.280 e. The van der Waals surface area contributed by atoms with Crippen molar-refractivity contribution in [3.8, 4) is 0 Å². The van der Waals surface area contributed by atoms with Crippen LogP contribution in [0, 0.1) is 17.0 Å². The van der Waals surface area contributed by atoms with Gasteiger partial charge in [0.1, 0.15) is 0 Å². The van der Waals surface area contributed by atoms with Crippen LogP contribution in [0.1, 0.15) is 21.5 Å². The molecular formula is C22H20N4O6S. The highest BCUT2D eigenvalue weighted by Gasteiger charge is 2.20. The van der Waals surface area contributed by atoms with Gasteiger partial charge in [0.25, 0.3) is 21.6 Å². The van der Waals surface area contributed by atoms with Gasteiger partial charge in [-0.25, -0.2) is 8.42 Å². The maximum atomic E-state index is 12.6. The van der Waals surface area contributed by atoms with Crippen LogP contribution in [-0.4, -0.2) is 25.2 Å². The highest BCUT2D eigenvalue weighted by molar-refractivity contribution is 7.92. The molecule has 0 spiro atoms. The normalized spacial score (nSPS) is 10.8. The second-order valence-corrected chi connectivity index (χ2v) is 8.74. The van der Waals surface area contributed by atoms with Crippen LogP contribution in [0.4, 0.5) is 11.4 Å². The van der Waals surface area contributed by atoms with Crippen molar-refractivity contribution >= 4 is 33.2 Å². The van der Waals surface area contributed by atoms with E-state index in [4.69, 9.17) is 0 Å². The van der Waals surface area contributed by atoms with Crippen LogP contribution in [0.15, 0.2) is 77.7 Å². The number of benzene rings is 3. The number of nitro groups is 1. The molecule has 0 radical (unpaired) electrons. The quantitative estimate of drug-likeness (QED) is 0.359. The molecule has 0 aliphatic carbocycles. The van der Waals surface area contributed by atoms with Crippen molar-refractivity contribution in [1.29, 1.82) is 0 Å². The first-order valence-corrected chi connectivity index (χ1v) is 11.1. The number of nitrogens with zero attached hydrogens (tertiary/aromatic N) is 1. The predicted molar refractivity (Wildman–Crippen MR) is 121 cm³/mol. The Kier molecular flexibility index (Phi) is 7.04. The maximum Gasteiger partial charge on any atom is 0.273 e. The van der Waals surface area contributed by atoms with Gasteiger partial charge in [-0.05, 0) is 42.8 Å². The standard InChI is InChI=1S/C22H20N4O6S/c1-15-7-12-19(14-20(15)26(29)30)33(31,32)25-18-10-8-17(9-11-18)22(28)24-23-21(27)13-16-5-3-2-4-6-16/h2-12,14,25H,13H2,1H3,(H,23,27)(H,24,28). The molecule has 0 saturated carbocycles. The minimum Gasteiger partial charge on any atom is -0.280 e. The molecule has 3 aromatic rings. The van der Waals surface area contributed by atoms with Crippen LogP contribution in [0.25, 0.3) is 0 Å². The Morgan fingerprint density at radius 3 is 2.24 bits per heavy atom. The number of nitro benzene ring substituents is 1. The van der Waals surface area contributed by atoms with Crippen molar-refractivity contribution in [2.75, 3.05) is 4.72 Å². The molecule has 0 bridgehead atoms. The summed E-state index contributed by atoms with van der Waals surface area (Å²) in [7, 11) is -4.08. The lowest BCUT2D eigenvalue weighted by molar-refractivity contribution is -0.385. The zero-order valence-electron chi connectivity index (χ0n) is 17.4. The summed E-state index contributed by atoms with van der Waals surface area (Å²) in [6, 6.07) is 18.1. The number of carbonyl (C=O) groups excluding carboxylic acids is 2. The molecule has 0 unspecified atom stereocenters. The predicted octanol–water partition coefficient (Wildman–Crippen LogP) is 2.71. The number of rotatable bonds is 7. The highest BCUT2D eigenvalue weighted by atomic mass is 32.2. The van der Waals surface area contributed by atoms with Gasteiger partial charge in [0.15, 0.2) is 0 Å². The molecule has 0 heterocycles. The Hall–Kier alpha value is -4.25. The first-order chi connectivity index (χ1) is 15.7. The fourth-order valence-corrected chi connectivity index (χ4v) is 3.96. The average molecular weight is 468 g/mol. The van der Waals surface area contributed by atoms with Gasteiger partial charge in [0, 0.05) is 22.9 Å².